The van der Waals surface area contributed by atoms with Crippen LogP contribution in [0.15, 0.2) is 12.3 Å². The van der Waals surface area contributed by atoms with Gasteiger partial charge in [0.25, 0.3) is 0 Å². The topological polar surface area (TPSA) is 33.1 Å². The van der Waals surface area contributed by atoms with Gasteiger partial charge in [-0.15, -0.1) is 0 Å². The molecule has 0 radical (unpaired) electrons. The van der Waals surface area contributed by atoms with Gasteiger partial charge >= 0.3 is 0 Å². The Morgan fingerprint density at radius 2 is 2.40 bits per heavy atom. The van der Waals surface area contributed by atoms with Crippen molar-refractivity contribution in [3.05, 3.63) is 29.3 Å². The van der Waals surface area contributed by atoms with Gasteiger partial charge in [0.2, 0.25) is 5.95 Å². The average molecular weight is 141 g/mol. The van der Waals surface area contributed by atoms with E-state index >= 15 is 0 Å². The van der Waals surface area contributed by atoms with Gasteiger partial charge in [0, 0.05) is 11.8 Å². The molecule has 0 bridgehead atoms. The molecule has 2 nitrogen and oxygen atoms in total. The summed E-state index contributed by atoms with van der Waals surface area (Å²) in [6.45, 7) is 1.45. The Morgan fingerprint density at radius 1 is 1.70 bits per heavy atom. The Hall–Kier alpha value is -0.960. The van der Waals surface area contributed by atoms with Crippen molar-refractivity contribution in [3.63, 3.8) is 0 Å². The third kappa shape index (κ3) is 1.14. The number of aliphatic hydroxyl groups excluding tert-OH is 1. The van der Waals surface area contributed by atoms with E-state index in [4.69, 9.17) is 5.11 Å². The summed E-state index contributed by atoms with van der Waals surface area (Å²) in [5, 5.41) is 8.62. The quantitative estimate of drug-likeness (QED) is 0.592. The standard InChI is InChI=1S/C7H8FNO/c1-5-2-3-9-7(8)6(5)4-10/h2-3,10H,4H2,1H3. The van der Waals surface area contributed by atoms with Crippen LogP contribution < -0.4 is 0 Å². The zero-order valence-corrected chi connectivity index (χ0v) is 5.63. The van der Waals surface area contributed by atoms with Crippen molar-refractivity contribution in [1.29, 1.82) is 0 Å². The summed E-state index contributed by atoms with van der Waals surface area (Å²) in [5.41, 5.74) is 1.01. The first-order chi connectivity index (χ1) is 4.75. The highest BCUT2D eigenvalue weighted by Crippen LogP contribution is 2.08. The molecule has 1 aromatic rings. The van der Waals surface area contributed by atoms with E-state index in [-0.39, 0.29) is 12.2 Å². The number of aromatic nitrogens is 1. The van der Waals surface area contributed by atoms with Crippen LogP contribution in [0.1, 0.15) is 11.1 Å². The largest absolute Gasteiger partial charge is 0.391 e. The molecule has 10 heavy (non-hydrogen) atoms. The first-order valence-electron chi connectivity index (χ1n) is 2.96. The highest BCUT2D eigenvalue weighted by atomic mass is 19.1. The normalized spacial score (nSPS) is 9.90. The van der Waals surface area contributed by atoms with Crippen LogP contribution >= 0.6 is 0 Å². The maximum absolute atomic E-state index is 12.6. The molecule has 0 atom stereocenters. The Labute approximate surface area is 58.3 Å². The molecule has 0 aromatic carbocycles. The van der Waals surface area contributed by atoms with Crippen LogP contribution in [0.2, 0.25) is 0 Å². The fourth-order valence-corrected chi connectivity index (χ4v) is 0.746. The Bertz CT molecular complexity index is 217. The van der Waals surface area contributed by atoms with Crippen molar-refractivity contribution >= 4 is 0 Å². The smallest absolute Gasteiger partial charge is 0.218 e. The summed E-state index contributed by atoms with van der Waals surface area (Å²) in [5.74, 6) is -0.581. The van der Waals surface area contributed by atoms with Crippen molar-refractivity contribution in [3.8, 4) is 0 Å². The van der Waals surface area contributed by atoms with E-state index in [0.717, 1.165) is 5.56 Å². The van der Waals surface area contributed by atoms with E-state index in [1.54, 1.807) is 13.0 Å². The van der Waals surface area contributed by atoms with Crippen LogP contribution in [0.5, 0.6) is 0 Å². The summed E-state index contributed by atoms with van der Waals surface area (Å²) < 4.78 is 12.6. The van der Waals surface area contributed by atoms with E-state index in [2.05, 4.69) is 4.98 Å². The van der Waals surface area contributed by atoms with Crippen molar-refractivity contribution in [2.24, 2.45) is 0 Å². The number of rotatable bonds is 1. The highest BCUT2D eigenvalue weighted by Gasteiger charge is 2.02. The van der Waals surface area contributed by atoms with Crippen LogP contribution in [0.3, 0.4) is 0 Å². The SMILES string of the molecule is Cc1ccnc(F)c1CO. The molecule has 0 aliphatic heterocycles. The van der Waals surface area contributed by atoms with Gasteiger partial charge in [-0.05, 0) is 18.6 Å². The predicted molar refractivity (Wildman–Crippen MR) is 34.9 cm³/mol. The van der Waals surface area contributed by atoms with E-state index in [1.807, 2.05) is 0 Å². The van der Waals surface area contributed by atoms with Crippen molar-refractivity contribution < 1.29 is 9.50 Å². The highest BCUT2D eigenvalue weighted by molar-refractivity contribution is 5.21. The maximum atomic E-state index is 12.6. The first-order valence-corrected chi connectivity index (χ1v) is 2.96. The molecule has 0 unspecified atom stereocenters. The third-order valence-corrected chi connectivity index (χ3v) is 1.40. The number of aliphatic hydroxyl groups is 1. The van der Waals surface area contributed by atoms with Crippen molar-refractivity contribution in [2.75, 3.05) is 0 Å². The van der Waals surface area contributed by atoms with E-state index in [1.165, 1.54) is 6.20 Å². The average Bonchev–Trinajstić information content (AvgIpc) is 1.88. The number of pyridine rings is 1. The van der Waals surface area contributed by atoms with E-state index in [0.29, 0.717) is 0 Å². The van der Waals surface area contributed by atoms with Crippen molar-refractivity contribution in [2.45, 2.75) is 13.5 Å². The fourth-order valence-electron chi connectivity index (χ4n) is 0.746. The van der Waals surface area contributed by atoms with Crippen LogP contribution in [0, 0.1) is 12.9 Å². The van der Waals surface area contributed by atoms with Gasteiger partial charge in [-0.2, -0.15) is 4.39 Å². The van der Waals surface area contributed by atoms with Crippen LogP contribution in [0.25, 0.3) is 0 Å². The van der Waals surface area contributed by atoms with Crippen LogP contribution in [-0.2, 0) is 6.61 Å². The molecule has 0 amide bonds. The minimum absolute atomic E-state index is 0.280. The molecule has 1 heterocycles. The minimum Gasteiger partial charge on any atom is -0.391 e. The third-order valence-electron chi connectivity index (χ3n) is 1.40. The van der Waals surface area contributed by atoms with Gasteiger partial charge in [0.05, 0.1) is 6.61 Å². The predicted octanol–water partition coefficient (Wildman–Crippen LogP) is 1.02. The van der Waals surface area contributed by atoms with Gasteiger partial charge < -0.3 is 5.11 Å². The van der Waals surface area contributed by atoms with Gasteiger partial charge in [-0.3, -0.25) is 0 Å². The molecule has 0 aliphatic rings. The molecule has 54 valence electrons. The molecule has 0 spiro atoms. The lowest BCUT2D eigenvalue weighted by atomic mass is 10.2. The lowest BCUT2D eigenvalue weighted by Gasteiger charge is -2.00. The molecule has 1 N–H and O–H groups in total. The molecule has 3 heteroatoms. The lowest BCUT2D eigenvalue weighted by Crippen LogP contribution is -1.95. The first kappa shape index (κ1) is 7.15. The lowest BCUT2D eigenvalue weighted by molar-refractivity contribution is 0.273. The molecule has 0 saturated carbocycles. The molecular weight excluding hydrogens is 133 g/mol. The van der Waals surface area contributed by atoms with Gasteiger partial charge in [0.15, 0.2) is 0 Å². The second-order valence-corrected chi connectivity index (χ2v) is 2.06. The zero-order valence-electron chi connectivity index (χ0n) is 5.63. The molecule has 0 saturated heterocycles. The van der Waals surface area contributed by atoms with Gasteiger partial charge in [0.1, 0.15) is 0 Å². The summed E-state index contributed by atoms with van der Waals surface area (Å²) in [7, 11) is 0. The van der Waals surface area contributed by atoms with Crippen molar-refractivity contribution in [1.82, 2.24) is 4.98 Å². The Kier molecular flexibility index (Phi) is 1.97. The molecule has 0 fully saturated rings. The minimum atomic E-state index is -0.581. The van der Waals surface area contributed by atoms with E-state index in [9.17, 15) is 4.39 Å². The Balaban J connectivity index is 3.17. The number of aryl methyl sites for hydroxylation is 1. The monoisotopic (exact) mass is 141 g/mol. The summed E-state index contributed by atoms with van der Waals surface area (Å²) >= 11 is 0. The summed E-state index contributed by atoms with van der Waals surface area (Å²) in [6, 6.07) is 1.66. The maximum Gasteiger partial charge on any atom is 0.218 e. The number of nitrogens with zero attached hydrogens (tertiary/aromatic N) is 1. The van der Waals surface area contributed by atoms with Gasteiger partial charge in [-0.1, -0.05) is 0 Å². The second kappa shape index (κ2) is 2.75. The molecule has 1 aromatic heterocycles. The second-order valence-electron chi connectivity index (χ2n) is 2.06. The number of hydrogen-bond donors (Lipinski definition) is 1. The zero-order chi connectivity index (χ0) is 7.56. The fraction of sp³-hybridized carbons (Fsp3) is 0.286. The number of hydrogen-bond acceptors (Lipinski definition) is 2. The Morgan fingerprint density at radius 3 is 2.80 bits per heavy atom. The van der Waals surface area contributed by atoms with E-state index < -0.39 is 5.95 Å². The van der Waals surface area contributed by atoms with Gasteiger partial charge in [-0.25, -0.2) is 4.98 Å². The molecule has 1 rings (SSSR count). The summed E-state index contributed by atoms with van der Waals surface area (Å²) in [6.07, 6.45) is 1.38. The van der Waals surface area contributed by atoms with Crippen LogP contribution in [-0.4, -0.2) is 10.1 Å². The number of halogens is 1. The molecular formula is C7H8FNO. The van der Waals surface area contributed by atoms with Crippen LogP contribution in [0.4, 0.5) is 4.39 Å². The summed E-state index contributed by atoms with van der Waals surface area (Å²) in [4.78, 5) is 3.38. The molecule has 0 aliphatic carbocycles.